The molecule has 0 saturated heterocycles. The third-order valence-electron chi connectivity index (χ3n) is 3.20. The number of nitrogens with zero attached hydrogens (tertiary/aromatic N) is 2. The molecular weight excluding hydrogens is 248 g/mol. The molecule has 1 aliphatic carbocycles. The standard InChI is InChI=1S/C13H13ClN4/c14-11-6-12(18-13(15)17-11)16-7-9-5-8-3-1-2-4-10(8)9/h1-4,6,9H,5,7H2,(H3,15,16,17,18). The first-order valence-electron chi connectivity index (χ1n) is 5.84. The fourth-order valence-corrected chi connectivity index (χ4v) is 2.49. The lowest BCUT2D eigenvalue weighted by Gasteiger charge is -2.30. The van der Waals surface area contributed by atoms with Gasteiger partial charge in [0.2, 0.25) is 5.95 Å². The van der Waals surface area contributed by atoms with Gasteiger partial charge in [-0.1, -0.05) is 35.9 Å². The van der Waals surface area contributed by atoms with Gasteiger partial charge in [0.15, 0.2) is 0 Å². The van der Waals surface area contributed by atoms with Gasteiger partial charge < -0.3 is 11.1 Å². The molecule has 0 saturated carbocycles. The van der Waals surface area contributed by atoms with Crippen molar-refractivity contribution < 1.29 is 0 Å². The van der Waals surface area contributed by atoms with Crippen molar-refractivity contribution in [1.29, 1.82) is 0 Å². The highest BCUT2D eigenvalue weighted by Crippen LogP contribution is 2.34. The number of nitrogen functional groups attached to an aromatic ring is 1. The maximum Gasteiger partial charge on any atom is 0.223 e. The molecular formula is C13H13ClN4. The van der Waals surface area contributed by atoms with Crippen LogP contribution in [0.5, 0.6) is 0 Å². The second-order valence-corrected chi connectivity index (χ2v) is 4.80. The van der Waals surface area contributed by atoms with Crippen molar-refractivity contribution in [3.05, 3.63) is 46.6 Å². The van der Waals surface area contributed by atoms with E-state index in [0.29, 0.717) is 16.9 Å². The van der Waals surface area contributed by atoms with Gasteiger partial charge in [-0.05, 0) is 17.5 Å². The Morgan fingerprint density at radius 3 is 2.94 bits per heavy atom. The molecule has 1 aromatic heterocycles. The SMILES string of the molecule is Nc1nc(Cl)cc(NCC2Cc3ccccc32)n1. The predicted octanol–water partition coefficient (Wildman–Crippen LogP) is 2.46. The van der Waals surface area contributed by atoms with Gasteiger partial charge in [0.05, 0.1) is 0 Å². The van der Waals surface area contributed by atoms with Gasteiger partial charge in [0.25, 0.3) is 0 Å². The Labute approximate surface area is 110 Å². The molecule has 1 heterocycles. The molecule has 3 rings (SSSR count). The summed E-state index contributed by atoms with van der Waals surface area (Å²) >= 11 is 5.82. The summed E-state index contributed by atoms with van der Waals surface area (Å²) in [6, 6.07) is 10.2. The van der Waals surface area contributed by atoms with Crippen molar-refractivity contribution >= 4 is 23.4 Å². The van der Waals surface area contributed by atoms with Crippen LogP contribution in [0.4, 0.5) is 11.8 Å². The molecule has 1 unspecified atom stereocenters. The number of nitrogens with two attached hydrogens (primary N) is 1. The minimum absolute atomic E-state index is 0.194. The number of nitrogens with one attached hydrogen (secondary N) is 1. The van der Waals surface area contributed by atoms with Crippen molar-refractivity contribution in [1.82, 2.24) is 9.97 Å². The van der Waals surface area contributed by atoms with E-state index >= 15 is 0 Å². The molecule has 92 valence electrons. The lowest BCUT2D eigenvalue weighted by atomic mass is 9.78. The Hall–Kier alpha value is -1.81. The summed E-state index contributed by atoms with van der Waals surface area (Å²) in [6.45, 7) is 0.837. The zero-order valence-corrected chi connectivity index (χ0v) is 10.5. The van der Waals surface area contributed by atoms with Crippen LogP contribution in [0.1, 0.15) is 17.0 Å². The van der Waals surface area contributed by atoms with Crippen molar-refractivity contribution in [2.75, 3.05) is 17.6 Å². The largest absolute Gasteiger partial charge is 0.369 e. The number of fused-ring (bicyclic) bond motifs is 1. The van der Waals surface area contributed by atoms with Gasteiger partial charge >= 0.3 is 0 Å². The smallest absolute Gasteiger partial charge is 0.223 e. The van der Waals surface area contributed by atoms with Crippen LogP contribution in [-0.4, -0.2) is 16.5 Å². The highest BCUT2D eigenvalue weighted by Gasteiger charge is 2.24. The van der Waals surface area contributed by atoms with Gasteiger partial charge in [0, 0.05) is 18.5 Å². The highest BCUT2D eigenvalue weighted by atomic mass is 35.5. The zero-order valence-electron chi connectivity index (χ0n) is 9.73. The lowest BCUT2D eigenvalue weighted by Crippen LogP contribution is -2.24. The van der Waals surface area contributed by atoms with E-state index in [9.17, 15) is 0 Å². The summed E-state index contributed by atoms with van der Waals surface area (Å²) in [6.07, 6.45) is 1.11. The van der Waals surface area contributed by atoms with Crippen molar-refractivity contribution in [3.8, 4) is 0 Å². The first kappa shape index (κ1) is 11.3. The van der Waals surface area contributed by atoms with Crippen LogP contribution in [0.15, 0.2) is 30.3 Å². The molecule has 0 fully saturated rings. The van der Waals surface area contributed by atoms with E-state index in [1.165, 1.54) is 11.1 Å². The third kappa shape index (κ3) is 2.11. The molecule has 0 aliphatic heterocycles. The average molecular weight is 261 g/mol. The summed E-state index contributed by atoms with van der Waals surface area (Å²) < 4.78 is 0. The maximum absolute atomic E-state index is 5.82. The molecule has 0 amide bonds. The summed E-state index contributed by atoms with van der Waals surface area (Å²) in [5.41, 5.74) is 8.39. The monoisotopic (exact) mass is 260 g/mol. The third-order valence-corrected chi connectivity index (χ3v) is 3.40. The molecule has 0 radical (unpaired) electrons. The van der Waals surface area contributed by atoms with E-state index in [4.69, 9.17) is 17.3 Å². The van der Waals surface area contributed by atoms with E-state index < -0.39 is 0 Å². The summed E-state index contributed by atoms with van der Waals surface area (Å²) in [5, 5.41) is 3.61. The van der Waals surface area contributed by atoms with Crippen LogP contribution in [0.3, 0.4) is 0 Å². The van der Waals surface area contributed by atoms with E-state index in [2.05, 4.69) is 39.6 Å². The van der Waals surface area contributed by atoms with E-state index in [0.717, 1.165) is 13.0 Å². The molecule has 18 heavy (non-hydrogen) atoms. The van der Waals surface area contributed by atoms with Crippen LogP contribution >= 0.6 is 11.6 Å². The second-order valence-electron chi connectivity index (χ2n) is 4.41. The first-order chi connectivity index (χ1) is 8.72. The molecule has 1 aliphatic rings. The van der Waals surface area contributed by atoms with Gasteiger partial charge in [-0.25, -0.2) is 4.98 Å². The quantitative estimate of drug-likeness (QED) is 0.832. The minimum atomic E-state index is 0.194. The number of benzene rings is 1. The second kappa shape index (κ2) is 4.46. The molecule has 1 aromatic carbocycles. The number of anilines is 2. The maximum atomic E-state index is 5.82. The highest BCUT2D eigenvalue weighted by molar-refractivity contribution is 6.29. The topological polar surface area (TPSA) is 63.8 Å². The Morgan fingerprint density at radius 2 is 2.17 bits per heavy atom. The Kier molecular flexibility index (Phi) is 2.80. The summed E-state index contributed by atoms with van der Waals surface area (Å²) in [7, 11) is 0. The number of halogens is 1. The van der Waals surface area contributed by atoms with E-state index in [-0.39, 0.29) is 5.95 Å². The molecule has 3 N–H and O–H groups in total. The predicted molar refractivity (Wildman–Crippen MR) is 72.8 cm³/mol. The Bertz CT molecular complexity index is 565. The minimum Gasteiger partial charge on any atom is -0.369 e. The number of rotatable bonds is 3. The average Bonchev–Trinajstić information content (AvgIpc) is 2.29. The van der Waals surface area contributed by atoms with Gasteiger partial charge in [-0.15, -0.1) is 0 Å². The van der Waals surface area contributed by atoms with Gasteiger partial charge in [-0.3, -0.25) is 0 Å². The molecule has 0 bridgehead atoms. The van der Waals surface area contributed by atoms with Crippen LogP contribution < -0.4 is 11.1 Å². The van der Waals surface area contributed by atoms with Crippen LogP contribution in [0.2, 0.25) is 5.15 Å². The van der Waals surface area contributed by atoms with Crippen molar-refractivity contribution in [3.63, 3.8) is 0 Å². The van der Waals surface area contributed by atoms with E-state index in [1.807, 2.05) is 0 Å². The normalized spacial score (nSPS) is 16.8. The van der Waals surface area contributed by atoms with E-state index in [1.54, 1.807) is 6.07 Å². The fraction of sp³-hybridized carbons (Fsp3) is 0.231. The Balaban J connectivity index is 1.66. The van der Waals surface area contributed by atoms with Gasteiger partial charge in [0.1, 0.15) is 11.0 Å². The van der Waals surface area contributed by atoms with Gasteiger partial charge in [-0.2, -0.15) is 4.98 Å². The zero-order chi connectivity index (χ0) is 12.5. The molecule has 4 nitrogen and oxygen atoms in total. The summed E-state index contributed by atoms with van der Waals surface area (Å²) in [4.78, 5) is 7.92. The first-order valence-corrected chi connectivity index (χ1v) is 6.22. The van der Waals surface area contributed by atoms with Crippen molar-refractivity contribution in [2.24, 2.45) is 0 Å². The van der Waals surface area contributed by atoms with Crippen LogP contribution in [0.25, 0.3) is 0 Å². The van der Waals surface area contributed by atoms with Crippen molar-refractivity contribution in [2.45, 2.75) is 12.3 Å². The molecule has 0 spiro atoms. The lowest BCUT2D eigenvalue weighted by molar-refractivity contribution is 0.634. The number of aromatic nitrogens is 2. The van der Waals surface area contributed by atoms with Crippen LogP contribution in [0, 0.1) is 0 Å². The molecule has 2 aromatic rings. The van der Waals surface area contributed by atoms with Crippen LogP contribution in [-0.2, 0) is 6.42 Å². The number of hydrogen-bond acceptors (Lipinski definition) is 4. The Morgan fingerprint density at radius 1 is 1.33 bits per heavy atom. The molecule has 5 heteroatoms. The fourth-order valence-electron chi connectivity index (χ4n) is 2.30. The number of hydrogen-bond donors (Lipinski definition) is 2. The summed E-state index contributed by atoms with van der Waals surface area (Å²) in [5.74, 6) is 1.41. The molecule has 1 atom stereocenters.